The molecule has 19 heavy (non-hydrogen) atoms. The van der Waals surface area contributed by atoms with E-state index in [1.165, 1.54) is 6.08 Å². The van der Waals surface area contributed by atoms with Gasteiger partial charge in [-0.3, -0.25) is 4.79 Å². The van der Waals surface area contributed by atoms with Gasteiger partial charge in [0.2, 0.25) is 5.91 Å². The number of anilines is 1. The van der Waals surface area contributed by atoms with E-state index >= 15 is 0 Å². The summed E-state index contributed by atoms with van der Waals surface area (Å²) in [7, 11) is 0. The lowest BCUT2D eigenvalue weighted by Gasteiger charge is -2.06. The fourth-order valence-corrected chi connectivity index (χ4v) is 1.90. The molecule has 0 heterocycles. The van der Waals surface area contributed by atoms with Crippen LogP contribution in [0.3, 0.4) is 0 Å². The van der Waals surface area contributed by atoms with E-state index in [4.69, 9.17) is 11.6 Å². The molecule has 0 aromatic heterocycles. The van der Waals surface area contributed by atoms with Crippen molar-refractivity contribution in [2.75, 3.05) is 5.32 Å². The van der Waals surface area contributed by atoms with Crippen LogP contribution in [0.25, 0.3) is 6.08 Å². The molecule has 3 heteroatoms. The zero-order valence-electron chi connectivity index (χ0n) is 10.3. The first kappa shape index (κ1) is 13.4. The highest BCUT2D eigenvalue weighted by molar-refractivity contribution is 6.17. The SMILES string of the molecule is O=C(/C=C/c1ccccc1)Nc1ccccc1CCl. The van der Waals surface area contributed by atoms with E-state index in [0.29, 0.717) is 5.88 Å². The summed E-state index contributed by atoms with van der Waals surface area (Å²) in [5.74, 6) is 0.209. The average molecular weight is 272 g/mol. The maximum atomic E-state index is 11.8. The Bertz CT molecular complexity index is 578. The van der Waals surface area contributed by atoms with Crippen LogP contribution in [0.2, 0.25) is 0 Å². The maximum Gasteiger partial charge on any atom is 0.248 e. The highest BCUT2D eigenvalue weighted by Gasteiger charge is 2.02. The molecule has 0 aliphatic carbocycles. The number of carbonyl (C=O) groups is 1. The molecule has 0 aliphatic heterocycles. The van der Waals surface area contributed by atoms with E-state index in [2.05, 4.69) is 5.32 Å². The molecule has 0 saturated carbocycles. The Labute approximate surface area is 117 Å². The van der Waals surface area contributed by atoms with Crippen LogP contribution < -0.4 is 5.32 Å². The Kier molecular flexibility index (Phi) is 4.76. The number of para-hydroxylation sites is 1. The molecule has 0 fully saturated rings. The van der Waals surface area contributed by atoms with Crippen LogP contribution in [-0.4, -0.2) is 5.91 Å². The minimum Gasteiger partial charge on any atom is -0.322 e. The third kappa shape index (κ3) is 3.97. The average Bonchev–Trinajstić information content (AvgIpc) is 2.47. The molecule has 0 atom stereocenters. The van der Waals surface area contributed by atoms with Gasteiger partial charge in [0.05, 0.1) is 0 Å². The summed E-state index contributed by atoms with van der Waals surface area (Å²) in [6, 6.07) is 17.2. The van der Waals surface area contributed by atoms with E-state index in [9.17, 15) is 4.79 Å². The second-order valence-corrected chi connectivity index (χ2v) is 4.29. The van der Waals surface area contributed by atoms with Crippen molar-refractivity contribution in [3.05, 3.63) is 71.8 Å². The van der Waals surface area contributed by atoms with E-state index in [1.54, 1.807) is 6.08 Å². The van der Waals surface area contributed by atoms with Crippen LogP contribution in [0.15, 0.2) is 60.7 Å². The number of rotatable bonds is 4. The zero-order valence-corrected chi connectivity index (χ0v) is 11.1. The van der Waals surface area contributed by atoms with E-state index < -0.39 is 0 Å². The molecule has 2 aromatic carbocycles. The molecule has 0 bridgehead atoms. The molecular formula is C16H14ClNO. The molecule has 2 aromatic rings. The van der Waals surface area contributed by atoms with Gasteiger partial charge in [-0.2, -0.15) is 0 Å². The van der Waals surface area contributed by atoms with Crippen LogP contribution in [0.4, 0.5) is 5.69 Å². The Balaban J connectivity index is 2.04. The van der Waals surface area contributed by atoms with E-state index in [0.717, 1.165) is 16.8 Å². The van der Waals surface area contributed by atoms with E-state index in [-0.39, 0.29) is 5.91 Å². The smallest absolute Gasteiger partial charge is 0.248 e. The molecule has 2 rings (SSSR count). The number of nitrogens with one attached hydrogen (secondary N) is 1. The van der Waals surface area contributed by atoms with Crippen molar-refractivity contribution in [2.45, 2.75) is 5.88 Å². The lowest BCUT2D eigenvalue weighted by Crippen LogP contribution is -2.09. The van der Waals surface area contributed by atoms with Gasteiger partial charge in [-0.05, 0) is 23.3 Å². The maximum absolute atomic E-state index is 11.8. The second kappa shape index (κ2) is 6.76. The number of carbonyl (C=O) groups excluding carboxylic acids is 1. The van der Waals surface area contributed by atoms with Crippen molar-refractivity contribution in [3.63, 3.8) is 0 Å². The number of hydrogen-bond donors (Lipinski definition) is 1. The van der Waals surface area contributed by atoms with Gasteiger partial charge < -0.3 is 5.32 Å². The van der Waals surface area contributed by atoms with Crippen molar-refractivity contribution in [3.8, 4) is 0 Å². The van der Waals surface area contributed by atoms with Gasteiger partial charge in [0.25, 0.3) is 0 Å². The summed E-state index contributed by atoms with van der Waals surface area (Å²) in [5, 5.41) is 2.82. The molecule has 0 aliphatic rings. The van der Waals surface area contributed by atoms with Gasteiger partial charge in [-0.15, -0.1) is 11.6 Å². The number of halogens is 1. The number of hydrogen-bond acceptors (Lipinski definition) is 1. The summed E-state index contributed by atoms with van der Waals surface area (Å²) in [5.41, 5.74) is 2.65. The minimum absolute atomic E-state index is 0.165. The highest BCUT2D eigenvalue weighted by atomic mass is 35.5. The van der Waals surface area contributed by atoms with Crippen molar-refractivity contribution in [1.29, 1.82) is 0 Å². The molecule has 96 valence electrons. The highest BCUT2D eigenvalue weighted by Crippen LogP contribution is 2.17. The number of alkyl halides is 1. The summed E-state index contributed by atoms with van der Waals surface area (Å²) >= 11 is 5.82. The first-order valence-corrected chi connectivity index (χ1v) is 6.51. The standard InChI is InChI=1S/C16H14ClNO/c17-12-14-8-4-5-9-15(14)18-16(19)11-10-13-6-2-1-3-7-13/h1-11H,12H2,(H,18,19)/b11-10+. The number of amides is 1. The van der Waals surface area contributed by atoms with Crippen molar-refractivity contribution < 1.29 is 4.79 Å². The summed E-state index contributed by atoms with van der Waals surface area (Å²) in [4.78, 5) is 11.8. The topological polar surface area (TPSA) is 29.1 Å². The summed E-state index contributed by atoms with van der Waals surface area (Å²) < 4.78 is 0. The van der Waals surface area contributed by atoms with Gasteiger partial charge in [0.15, 0.2) is 0 Å². The molecule has 0 saturated heterocycles. The van der Waals surface area contributed by atoms with Gasteiger partial charge >= 0.3 is 0 Å². The van der Waals surface area contributed by atoms with Gasteiger partial charge in [0.1, 0.15) is 0 Å². The van der Waals surface area contributed by atoms with Crippen LogP contribution in [0.1, 0.15) is 11.1 Å². The predicted octanol–water partition coefficient (Wildman–Crippen LogP) is 4.08. The van der Waals surface area contributed by atoms with Gasteiger partial charge in [-0.25, -0.2) is 0 Å². The van der Waals surface area contributed by atoms with Crippen molar-refractivity contribution >= 4 is 29.3 Å². The fourth-order valence-electron chi connectivity index (χ4n) is 1.67. The minimum atomic E-state index is -0.165. The van der Waals surface area contributed by atoms with Crippen LogP contribution in [0, 0.1) is 0 Å². The van der Waals surface area contributed by atoms with Crippen molar-refractivity contribution in [1.82, 2.24) is 0 Å². The van der Waals surface area contributed by atoms with Gasteiger partial charge in [0, 0.05) is 17.6 Å². The molecule has 0 spiro atoms. The van der Waals surface area contributed by atoms with Crippen molar-refractivity contribution in [2.24, 2.45) is 0 Å². The molecule has 0 radical (unpaired) electrons. The van der Waals surface area contributed by atoms with Crippen LogP contribution >= 0.6 is 11.6 Å². The van der Waals surface area contributed by atoms with Gasteiger partial charge in [-0.1, -0.05) is 48.5 Å². The number of benzene rings is 2. The first-order valence-electron chi connectivity index (χ1n) is 5.97. The molecule has 1 N–H and O–H groups in total. The third-order valence-corrected chi connectivity index (χ3v) is 2.93. The Morgan fingerprint density at radius 2 is 1.74 bits per heavy atom. The lowest BCUT2D eigenvalue weighted by molar-refractivity contribution is -0.111. The lowest BCUT2D eigenvalue weighted by atomic mass is 10.2. The third-order valence-electron chi connectivity index (χ3n) is 2.65. The normalized spacial score (nSPS) is 10.6. The Hall–Kier alpha value is -2.06. The zero-order chi connectivity index (χ0) is 13.5. The van der Waals surface area contributed by atoms with Crippen LogP contribution in [-0.2, 0) is 10.7 Å². The Morgan fingerprint density at radius 3 is 2.47 bits per heavy atom. The fraction of sp³-hybridized carbons (Fsp3) is 0.0625. The first-order chi connectivity index (χ1) is 9.29. The molecular weight excluding hydrogens is 258 g/mol. The molecule has 2 nitrogen and oxygen atoms in total. The summed E-state index contributed by atoms with van der Waals surface area (Å²) in [6.45, 7) is 0. The second-order valence-electron chi connectivity index (χ2n) is 4.02. The van der Waals surface area contributed by atoms with Crippen LogP contribution in [0.5, 0.6) is 0 Å². The quantitative estimate of drug-likeness (QED) is 0.659. The molecule has 1 amide bonds. The summed E-state index contributed by atoms with van der Waals surface area (Å²) in [6.07, 6.45) is 3.29. The Morgan fingerprint density at radius 1 is 1.05 bits per heavy atom. The predicted molar refractivity (Wildman–Crippen MR) is 80.1 cm³/mol. The molecule has 0 unspecified atom stereocenters. The van der Waals surface area contributed by atoms with E-state index in [1.807, 2.05) is 54.6 Å². The largest absolute Gasteiger partial charge is 0.322 e. The monoisotopic (exact) mass is 271 g/mol.